The van der Waals surface area contributed by atoms with E-state index in [2.05, 4.69) is 10.0 Å². The van der Waals surface area contributed by atoms with Crippen molar-refractivity contribution in [2.45, 2.75) is 37.5 Å². The Morgan fingerprint density at radius 1 is 1.04 bits per heavy atom. The van der Waals surface area contributed by atoms with Crippen molar-refractivity contribution in [2.24, 2.45) is 0 Å². The molecule has 0 aliphatic carbocycles. The number of anilines is 3. The molecule has 28 heavy (non-hydrogen) atoms. The van der Waals surface area contributed by atoms with Crippen molar-refractivity contribution in [2.75, 3.05) is 21.5 Å². The topological polar surface area (TPSA) is 95.6 Å². The number of nitrogens with zero attached hydrogens (tertiary/aromatic N) is 1. The van der Waals surface area contributed by atoms with E-state index < -0.39 is 10.0 Å². The van der Waals surface area contributed by atoms with Crippen LogP contribution in [0.5, 0.6) is 0 Å². The minimum absolute atomic E-state index is 0.108. The van der Waals surface area contributed by atoms with Gasteiger partial charge in [0.05, 0.1) is 16.3 Å². The van der Waals surface area contributed by atoms with Crippen LogP contribution in [0, 0.1) is 0 Å². The Kier molecular flexibility index (Phi) is 4.58. The highest BCUT2D eigenvalue weighted by atomic mass is 32.2. The lowest BCUT2D eigenvalue weighted by Gasteiger charge is -2.35. The van der Waals surface area contributed by atoms with Gasteiger partial charge in [-0.3, -0.25) is 14.3 Å². The van der Waals surface area contributed by atoms with Crippen LogP contribution < -0.4 is 14.9 Å². The second-order valence-corrected chi connectivity index (χ2v) is 8.79. The monoisotopic (exact) mass is 399 g/mol. The second-order valence-electron chi connectivity index (χ2n) is 7.11. The molecule has 0 unspecified atom stereocenters. The van der Waals surface area contributed by atoms with Gasteiger partial charge in [-0.15, -0.1) is 0 Å². The van der Waals surface area contributed by atoms with Gasteiger partial charge in [0.1, 0.15) is 0 Å². The van der Waals surface area contributed by atoms with Crippen LogP contribution in [-0.2, 0) is 32.5 Å². The van der Waals surface area contributed by atoms with E-state index in [1.807, 2.05) is 0 Å². The molecule has 0 aromatic heterocycles. The van der Waals surface area contributed by atoms with Crippen molar-refractivity contribution in [3.05, 3.63) is 47.5 Å². The molecule has 7 nitrogen and oxygen atoms in total. The summed E-state index contributed by atoms with van der Waals surface area (Å²) in [7, 11) is -3.80. The van der Waals surface area contributed by atoms with E-state index in [4.69, 9.17) is 0 Å². The Bertz CT molecular complexity index is 1060. The number of carbonyl (C=O) groups is 2. The van der Waals surface area contributed by atoms with Crippen molar-refractivity contribution in [1.82, 2.24) is 0 Å². The summed E-state index contributed by atoms with van der Waals surface area (Å²) in [5.74, 6) is -0.120. The number of nitrogens with one attached hydrogen (secondary N) is 2. The third-order valence-electron chi connectivity index (χ3n) is 4.99. The summed E-state index contributed by atoms with van der Waals surface area (Å²) in [6.45, 7) is 2.09. The number of aryl methyl sites for hydroxylation is 2. The summed E-state index contributed by atoms with van der Waals surface area (Å²) in [4.78, 5) is 25.4. The fourth-order valence-corrected chi connectivity index (χ4v) is 5.00. The molecular formula is C20H21N3O4S. The Labute approximate surface area is 163 Å². The second kappa shape index (κ2) is 6.94. The van der Waals surface area contributed by atoms with Crippen LogP contribution in [-0.4, -0.2) is 26.8 Å². The average Bonchev–Trinajstić information content (AvgIpc) is 2.64. The zero-order chi connectivity index (χ0) is 19.9. The highest BCUT2D eigenvalue weighted by molar-refractivity contribution is 7.92. The fraction of sp³-hybridized carbons (Fsp3) is 0.300. The van der Waals surface area contributed by atoms with Gasteiger partial charge in [-0.05, 0) is 60.7 Å². The molecule has 0 bridgehead atoms. The number of hydrogen-bond donors (Lipinski definition) is 2. The molecule has 8 heteroatoms. The number of amides is 2. The Balaban J connectivity index is 1.67. The summed E-state index contributed by atoms with van der Waals surface area (Å²) >= 11 is 0. The quantitative estimate of drug-likeness (QED) is 0.826. The summed E-state index contributed by atoms with van der Waals surface area (Å²) in [6, 6.07) is 9.90. The summed E-state index contributed by atoms with van der Waals surface area (Å²) < 4.78 is 28.5. The Hall–Kier alpha value is -2.87. The van der Waals surface area contributed by atoms with E-state index >= 15 is 0 Å². The maximum absolute atomic E-state index is 13.0. The lowest BCUT2D eigenvalue weighted by Crippen LogP contribution is -2.39. The molecule has 2 heterocycles. The van der Waals surface area contributed by atoms with Gasteiger partial charge in [-0.1, -0.05) is 6.07 Å². The molecule has 2 aromatic carbocycles. The number of hydrogen-bond acceptors (Lipinski definition) is 4. The first-order valence-corrected chi connectivity index (χ1v) is 10.7. The van der Waals surface area contributed by atoms with Gasteiger partial charge in [0, 0.05) is 25.6 Å². The maximum Gasteiger partial charge on any atom is 0.261 e. The van der Waals surface area contributed by atoms with Gasteiger partial charge < -0.3 is 10.2 Å². The first kappa shape index (κ1) is 18.5. The van der Waals surface area contributed by atoms with Crippen molar-refractivity contribution >= 4 is 38.9 Å². The smallest absolute Gasteiger partial charge is 0.261 e. The Morgan fingerprint density at radius 3 is 2.50 bits per heavy atom. The number of rotatable bonds is 4. The largest absolute Gasteiger partial charge is 0.326 e. The van der Waals surface area contributed by atoms with Crippen molar-refractivity contribution in [3.63, 3.8) is 0 Å². The first-order valence-electron chi connectivity index (χ1n) is 9.20. The van der Waals surface area contributed by atoms with Gasteiger partial charge in [0.15, 0.2) is 0 Å². The van der Waals surface area contributed by atoms with E-state index in [0.717, 1.165) is 29.7 Å². The maximum atomic E-state index is 13.0. The minimum Gasteiger partial charge on any atom is -0.326 e. The molecule has 0 atom stereocenters. The van der Waals surface area contributed by atoms with E-state index in [9.17, 15) is 18.0 Å². The zero-order valence-corrected chi connectivity index (χ0v) is 16.3. The molecule has 4 rings (SSSR count). The molecule has 0 spiro atoms. The van der Waals surface area contributed by atoms with Crippen LogP contribution in [0.2, 0.25) is 0 Å². The van der Waals surface area contributed by atoms with Crippen LogP contribution in [0.4, 0.5) is 17.1 Å². The zero-order valence-electron chi connectivity index (χ0n) is 15.5. The van der Waals surface area contributed by atoms with Crippen molar-refractivity contribution in [3.8, 4) is 0 Å². The molecule has 146 valence electrons. The van der Waals surface area contributed by atoms with Gasteiger partial charge in [-0.2, -0.15) is 0 Å². The number of sulfonamides is 1. The van der Waals surface area contributed by atoms with Crippen molar-refractivity contribution < 1.29 is 18.0 Å². The van der Waals surface area contributed by atoms with E-state index in [1.165, 1.54) is 6.92 Å². The summed E-state index contributed by atoms with van der Waals surface area (Å²) in [5, 5.41) is 2.64. The van der Waals surface area contributed by atoms with Gasteiger partial charge in [-0.25, -0.2) is 8.42 Å². The van der Waals surface area contributed by atoms with E-state index in [1.54, 1.807) is 41.3 Å². The average molecular weight is 399 g/mol. The number of carbonyl (C=O) groups excluding carboxylic acids is 2. The highest BCUT2D eigenvalue weighted by Crippen LogP contribution is 2.37. The van der Waals surface area contributed by atoms with Gasteiger partial charge >= 0.3 is 0 Å². The predicted octanol–water partition coefficient (Wildman–Crippen LogP) is 2.67. The first-order chi connectivity index (χ1) is 13.3. The predicted molar refractivity (Wildman–Crippen MR) is 107 cm³/mol. The molecule has 0 saturated carbocycles. The molecule has 2 N–H and O–H groups in total. The summed E-state index contributed by atoms with van der Waals surface area (Å²) in [5.41, 5.74) is 3.60. The van der Waals surface area contributed by atoms with E-state index in [0.29, 0.717) is 30.8 Å². The van der Waals surface area contributed by atoms with E-state index in [-0.39, 0.29) is 16.7 Å². The minimum atomic E-state index is -3.80. The lowest BCUT2D eigenvalue weighted by molar-refractivity contribution is -0.119. The third-order valence-corrected chi connectivity index (χ3v) is 6.35. The molecule has 2 aliphatic heterocycles. The van der Waals surface area contributed by atoms with Crippen LogP contribution in [0.15, 0.2) is 41.3 Å². The van der Waals surface area contributed by atoms with Crippen molar-refractivity contribution in [1.29, 1.82) is 0 Å². The van der Waals surface area contributed by atoms with Crippen LogP contribution in [0.25, 0.3) is 0 Å². The molecule has 0 radical (unpaired) electrons. The number of benzene rings is 2. The standard InChI is InChI=1S/C20H21N3O4S/c1-13(24)21-16-5-2-6-17(12-16)22-28(26,27)18-10-14-4-3-9-23-19(25)8-7-15(11-18)20(14)23/h2,5-6,10-12,22H,3-4,7-9H2,1H3,(H,21,24). The van der Waals surface area contributed by atoms with Gasteiger partial charge in [0.2, 0.25) is 11.8 Å². The molecule has 2 aliphatic rings. The Morgan fingerprint density at radius 2 is 1.75 bits per heavy atom. The van der Waals surface area contributed by atoms with Crippen LogP contribution in [0.1, 0.15) is 30.9 Å². The van der Waals surface area contributed by atoms with Crippen LogP contribution >= 0.6 is 0 Å². The van der Waals surface area contributed by atoms with Crippen LogP contribution in [0.3, 0.4) is 0 Å². The normalized spacial score (nSPS) is 15.8. The molecule has 2 aromatic rings. The highest BCUT2D eigenvalue weighted by Gasteiger charge is 2.31. The molecular weight excluding hydrogens is 378 g/mol. The molecule has 0 fully saturated rings. The third kappa shape index (κ3) is 3.47. The SMILES string of the molecule is CC(=O)Nc1cccc(NS(=O)(=O)c2cc3c4c(c2)CCC(=O)N4CCC3)c1. The fourth-order valence-electron chi connectivity index (χ4n) is 3.85. The van der Waals surface area contributed by atoms with Gasteiger partial charge in [0.25, 0.3) is 10.0 Å². The lowest BCUT2D eigenvalue weighted by atomic mass is 9.92. The summed E-state index contributed by atoms with van der Waals surface area (Å²) in [6.07, 6.45) is 2.54. The molecule has 0 saturated heterocycles. The molecule has 2 amide bonds.